The number of carbonyl (C=O) groups is 2. The number of anilines is 1. The van der Waals surface area contributed by atoms with Crippen molar-refractivity contribution in [3.8, 4) is 0 Å². The molecule has 142 valence electrons. The van der Waals surface area contributed by atoms with Gasteiger partial charge in [-0.15, -0.1) is 0 Å². The van der Waals surface area contributed by atoms with Crippen molar-refractivity contribution in [1.82, 2.24) is 19.6 Å². The van der Waals surface area contributed by atoms with Crippen LogP contribution in [-0.2, 0) is 24.8 Å². The van der Waals surface area contributed by atoms with Gasteiger partial charge < -0.3 is 19.9 Å². The molecule has 0 unspecified atom stereocenters. The Morgan fingerprint density at radius 2 is 1.81 bits per heavy atom. The third-order valence-corrected chi connectivity index (χ3v) is 5.06. The number of urea groups is 1. The Morgan fingerprint density at radius 1 is 1.07 bits per heavy atom. The number of para-hydroxylation sites is 1. The summed E-state index contributed by atoms with van der Waals surface area (Å²) in [5.41, 5.74) is 3.08. The van der Waals surface area contributed by atoms with Crippen molar-refractivity contribution in [2.45, 2.75) is 13.0 Å². The molecule has 4 rings (SSSR count). The molecule has 1 saturated heterocycles. The van der Waals surface area contributed by atoms with E-state index in [1.807, 2.05) is 37.4 Å². The molecular weight excluding hydrogens is 346 g/mol. The number of nitrogens with one attached hydrogen (secondary N) is 1. The van der Waals surface area contributed by atoms with E-state index in [-0.39, 0.29) is 11.9 Å². The van der Waals surface area contributed by atoms with Gasteiger partial charge in [0.25, 0.3) is 5.91 Å². The molecule has 3 heterocycles. The summed E-state index contributed by atoms with van der Waals surface area (Å²) < 4.78 is 7.10. The fourth-order valence-corrected chi connectivity index (χ4v) is 3.58. The monoisotopic (exact) mass is 369 g/mol. The maximum absolute atomic E-state index is 12.9. The van der Waals surface area contributed by atoms with E-state index in [4.69, 9.17) is 4.74 Å². The summed E-state index contributed by atoms with van der Waals surface area (Å²) in [4.78, 5) is 29.1. The minimum atomic E-state index is -0.166. The summed E-state index contributed by atoms with van der Waals surface area (Å²) in [7, 11) is 1.86. The summed E-state index contributed by atoms with van der Waals surface area (Å²) in [6.45, 7) is 3.22. The van der Waals surface area contributed by atoms with E-state index in [1.54, 1.807) is 14.5 Å². The summed E-state index contributed by atoms with van der Waals surface area (Å²) in [5.74, 6) is -0.0829. The number of hydrogen-bond donors (Lipinski definition) is 1. The van der Waals surface area contributed by atoms with Crippen LogP contribution in [0.15, 0.2) is 30.3 Å². The Bertz CT molecular complexity index is 843. The fourth-order valence-electron chi connectivity index (χ4n) is 3.58. The van der Waals surface area contributed by atoms with Crippen molar-refractivity contribution in [2.24, 2.45) is 7.05 Å². The minimum absolute atomic E-state index is 0.0829. The van der Waals surface area contributed by atoms with E-state index < -0.39 is 0 Å². The van der Waals surface area contributed by atoms with Crippen LogP contribution in [0.3, 0.4) is 0 Å². The van der Waals surface area contributed by atoms with Gasteiger partial charge in [0, 0.05) is 50.0 Å². The van der Waals surface area contributed by atoms with Gasteiger partial charge in [-0.3, -0.25) is 9.48 Å². The summed E-state index contributed by atoms with van der Waals surface area (Å²) in [6.07, 6.45) is 0.678. The minimum Gasteiger partial charge on any atom is -0.378 e. The molecule has 2 aliphatic rings. The Morgan fingerprint density at radius 3 is 2.56 bits per heavy atom. The fraction of sp³-hybridized carbons (Fsp3) is 0.421. The van der Waals surface area contributed by atoms with Gasteiger partial charge in [0.15, 0.2) is 5.69 Å². The number of rotatable bonds is 2. The number of ether oxygens (including phenoxy) is 1. The van der Waals surface area contributed by atoms with E-state index >= 15 is 0 Å². The number of aromatic nitrogens is 2. The highest BCUT2D eigenvalue weighted by Gasteiger charge is 2.31. The zero-order valence-corrected chi connectivity index (χ0v) is 15.4. The van der Waals surface area contributed by atoms with E-state index in [2.05, 4.69) is 10.4 Å². The molecule has 0 radical (unpaired) electrons. The zero-order chi connectivity index (χ0) is 18.8. The van der Waals surface area contributed by atoms with Crippen molar-refractivity contribution >= 4 is 17.6 Å². The second-order valence-electron chi connectivity index (χ2n) is 6.77. The molecular formula is C19H23N5O3. The molecule has 2 aromatic rings. The van der Waals surface area contributed by atoms with E-state index in [1.165, 1.54) is 0 Å². The highest BCUT2D eigenvalue weighted by Crippen LogP contribution is 2.24. The molecule has 1 aromatic carbocycles. The molecule has 0 bridgehead atoms. The number of fused-ring (bicyclic) bond motifs is 1. The van der Waals surface area contributed by atoms with Gasteiger partial charge in [0.2, 0.25) is 0 Å². The van der Waals surface area contributed by atoms with Crippen LogP contribution in [0.25, 0.3) is 0 Å². The smallest absolute Gasteiger partial charge is 0.322 e. The van der Waals surface area contributed by atoms with E-state index in [0.29, 0.717) is 51.5 Å². The Balaban J connectivity index is 1.53. The van der Waals surface area contributed by atoms with Gasteiger partial charge in [0.05, 0.1) is 19.8 Å². The van der Waals surface area contributed by atoms with Crippen LogP contribution in [0.1, 0.15) is 21.7 Å². The van der Waals surface area contributed by atoms with Gasteiger partial charge in [-0.1, -0.05) is 18.2 Å². The Labute approximate surface area is 157 Å². The first-order valence-electron chi connectivity index (χ1n) is 9.16. The van der Waals surface area contributed by atoms with Gasteiger partial charge in [0.1, 0.15) is 0 Å². The number of nitrogens with zero attached hydrogens (tertiary/aromatic N) is 4. The number of benzene rings is 1. The molecule has 8 nitrogen and oxygen atoms in total. The Kier molecular flexibility index (Phi) is 4.81. The summed E-state index contributed by atoms with van der Waals surface area (Å²) >= 11 is 0. The molecule has 0 spiro atoms. The second kappa shape index (κ2) is 7.40. The maximum atomic E-state index is 12.9. The van der Waals surface area contributed by atoms with Crippen LogP contribution in [0, 0.1) is 0 Å². The van der Waals surface area contributed by atoms with Crippen LogP contribution in [0.4, 0.5) is 10.5 Å². The average molecular weight is 369 g/mol. The van der Waals surface area contributed by atoms with Crippen molar-refractivity contribution < 1.29 is 14.3 Å². The number of aryl methyl sites for hydroxylation is 1. The van der Waals surface area contributed by atoms with Crippen molar-refractivity contribution in [1.29, 1.82) is 0 Å². The lowest BCUT2D eigenvalue weighted by Gasteiger charge is -2.29. The predicted octanol–water partition coefficient (Wildman–Crippen LogP) is 1.48. The van der Waals surface area contributed by atoms with Crippen LogP contribution in [0.2, 0.25) is 0 Å². The number of carbonyl (C=O) groups excluding carboxylic acids is 2. The molecule has 8 heteroatoms. The molecule has 1 aromatic heterocycles. The van der Waals surface area contributed by atoms with Crippen LogP contribution in [0.5, 0.6) is 0 Å². The van der Waals surface area contributed by atoms with Crippen LogP contribution < -0.4 is 5.32 Å². The van der Waals surface area contributed by atoms with Crippen LogP contribution >= 0.6 is 0 Å². The average Bonchev–Trinajstić information content (AvgIpc) is 3.05. The normalized spacial score (nSPS) is 16.8. The third kappa shape index (κ3) is 3.52. The van der Waals surface area contributed by atoms with Gasteiger partial charge in [-0.05, 0) is 12.1 Å². The molecule has 27 heavy (non-hydrogen) atoms. The zero-order valence-electron chi connectivity index (χ0n) is 15.4. The second-order valence-corrected chi connectivity index (χ2v) is 6.77. The first kappa shape index (κ1) is 17.5. The number of hydrogen-bond acceptors (Lipinski definition) is 4. The van der Waals surface area contributed by atoms with Crippen LogP contribution in [-0.4, -0.2) is 64.4 Å². The lowest BCUT2D eigenvalue weighted by molar-refractivity contribution is 0.0297. The van der Waals surface area contributed by atoms with Crippen molar-refractivity contribution in [2.75, 3.05) is 38.2 Å². The van der Waals surface area contributed by atoms with E-state index in [9.17, 15) is 9.59 Å². The standard InChI is InChI=1S/C19H23N5O3/c1-22-16-7-8-24(19(26)20-14-5-3-2-4-6-14)13-15(16)17(21-22)18(25)23-9-11-27-12-10-23/h2-6H,7-13H2,1H3,(H,20,26). The molecule has 0 saturated carbocycles. The summed E-state index contributed by atoms with van der Waals surface area (Å²) in [6, 6.07) is 9.20. The molecule has 2 aliphatic heterocycles. The summed E-state index contributed by atoms with van der Waals surface area (Å²) in [5, 5.41) is 7.38. The molecule has 0 aliphatic carbocycles. The van der Waals surface area contributed by atoms with Crippen molar-refractivity contribution in [3.05, 3.63) is 47.3 Å². The molecule has 3 amide bonds. The lowest BCUT2D eigenvalue weighted by Crippen LogP contribution is -2.42. The number of morpholine rings is 1. The Hall–Kier alpha value is -2.87. The van der Waals surface area contributed by atoms with Crippen molar-refractivity contribution in [3.63, 3.8) is 0 Å². The first-order chi connectivity index (χ1) is 13.1. The largest absolute Gasteiger partial charge is 0.378 e. The predicted molar refractivity (Wildman–Crippen MR) is 99.5 cm³/mol. The first-order valence-corrected chi connectivity index (χ1v) is 9.16. The van der Waals surface area contributed by atoms with Gasteiger partial charge in [-0.25, -0.2) is 4.79 Å². The van der Waals surface area contributed by atoms with Gasteiger partial charge >= 0.3 is 6.03 Å². The highest BCUT2D eigenvalue weighted by atomic mass is 16.5. The third-order valence-electron chi connectivity index (χ3n) is 5.06. The molecule has 0 atom stereocenters. The molecule has 1 fully saturated rings. The highest BCUT2D eigenvalue weighted by molar-refractivity contribution is 5.95. The quantitative estimate of drug-likeness (QED) is 0.870. The number of amides is 3. The topological polar surface area (TPSA) is 79.7 Å². The maximum Gasteiger partial charge on any atom is 0.322 e. The lowest BCUT2D eigenvalue weighted by atomic mass is 10.0. The van der Waals surface area contributed by atoms with Gasteiger partial charge in [-0.2, -0.15) is 5.10 Å². The molecule has 1 N–H and O–H groups in total. The SMILES string of the molecule is Cn1nc(C(=O)N2CCOCC2)c2c1CCN(C(=O)Nc1ccccc1)C2. The van der Waals surface area contributed by atoms with E-state index in [0.717, 1.165) is 16.9 Å².